The molecule has 6 nitrogen and oxygen atoms in total. The molecule has 0 aliphatic rings. The smallest absolute Gasteiger partial charge is 0.126 e. The maximum atomic E-state index is 4.97. The Kier molecular flexibility index (Phi) is 5.00. The minimum absolute atomic E-state index is 0.707. The van der Waals surface area contributed by atoms with Gasteiger partial charge in [0.05, 0.1) is 39.1 Å². The standard InChI is InChI=1S/C30H26N6/c1-15-7-9-21-25(13-15)36-35-19(5)27(21)29-23-12-16(2)11-22(28(23)33-20(6)34-29)26-17(3)8-10-24-30(26)31-14-18(4)32-24/h7-14H,1-6H3. The summed E-state index contributed by atoms with van der Waals surface area (Å²) in [7, 11) is 0. The molecule has 0 aliphatic heterocycles. The van der Waals surface area contributed by atoms with Gasteiger partial charge in [-0.3, -0.25) is 4.98 Å². The van der Waals surface area contributed by atoms with E-state index in [0.717, 1.165) is 83.3 Å². The molecule has 0 unspecified atom stereocenters. The fourth-order valence-corrected chi connectivity index (χ4v) is 5.10. The first-order chi connectivity index (χ1) is 17.3. The van der Waals surface area contributed by atoms with E-state index in [1.54, 1.807) is 0 Å². The van der Waals surface area contributed by atoms with Crippen molar-refractivity contribution < 1.29 is 0 Å². The zero-order chi connectivity index (χ0) is 25.1. The molecule has 0 saturated heterocycles. The van der Waals surface area contributed by atoms with Crippen molar-refractivity contribution in [1.29, 1.82) is 0 Å². The minimum Gasteiger partial charge on any atom is -0.252 e. The van der Waals surface area contributed by atoms with Crippen LogP contribution in [0.1, 0.15) is 33.9 Å². The van der Waals surface area contributed by atoms with Crippen LogP contribution in [0, 0.1) is 41.5 Å². The molecule has 3 aromatic heterocycles. The van der Waals surface area contributed by atoms with Crippen LogP contribution >= 0.6 is 0 Å². The Balaban J connectivity index is 1.75. The number of benzene rings is 3. The summed E-state index contributed by atoms with van der Waals surface area (Å²) in [5.74, 6) is 0.707. The van der Waals surface area contributed by atoms with Crippen molar-refractivity contribution in [3.05, 3.63) is 82.6 Å². The second kappa shape index (κ2) is 8.12. The van der Waals surface area contributed by atoms with E-state index in [1.165, 1.54) is 0 Å². The molecule has 0 fully saturated rings. The maximum Gasteiger partial charge on any atom is 0.126 e. The van der Waals surface area contributed by atoms with Crippen molar-refractivity contribution in [3.8, 4) is 22.4 Å². The van der Waals surface area contributed by atoms with Crippen LogP contribution in [0.15, 0.2) is 48.7 Å². The molecule has 3 heterocycles. The molecule has 0 amide bonds. The monoisotopic (exact) mass is 470 g/mol. The first kappa shape index (κ1) is 22.2. The van der Waals surface area contributed by atoms with Crippen LogP contribution in [0.5, 0.6) is 0 Å². The molecular formula is C30H26N6. The Bertz CT molecular complexity index is 1720. The number of hydrogen-bond donors (Lipinski definition) is 0. The van der Waals surface area contributed by atoms with Gasteiger partial charge in [0, 0.05) is 33.7 Å². The predicted octanol–water partition coefficient (Wildman–Crippen LogP) is 6.70. The average Bonchev–Trinajstić information content (AvgIpc) is 2.84. The Labute approximate surface area is 209 Å². The van der Waals surface area contributed by atoms with Crippen molar-refractivity contribution in [1.82, 2.24) is 30.1 Å². The first-order valence-electron chi connectivity index (χ1n) is 12.1. The highest BCUT2D eigenvalue weighted by atomic mass is 15.1. The van der Waals surface area contributed by atoms with Gasteiger partial charge in [0.15, 0.2) is 0 Å². The lowest BCUT2D eigenvalue weighted by atomic mass is 9.92. The lowest BCUT2D eigenvalue weighted by Gasteiger charge is -2.17. The predicted molar refractivity (Wildman–Crippen MR) is 145 cm³/mol. The van der Waals surface area contributed by atoms with E-state index in [9.17, 15) is 0 Å². The van der Waals surface area contributed by atoms with E-state index in [1.807, 2.05) is 33.0 Å². The van der Waals surface area contributed by atoms with Gasteiger partial charge in [-0.2, -0.15) is 10.2 Å². The fourth-order valence-electron chi connectivity index (χ4n) is 5.10. The molecule has 0 saturated carbocycles. The molecule has 0 radical (unpaired) electrons. The van der Waals surface area contributed by atoms with Crippen LogP contribution in [-0.4, -0.2) is 30.1 Å². The van der Waals surface area contributed by atoms with Gasteiger partial charge in [-0.05, 0) is 82.5 Å². The van der Waals surface area contributed by atoms with E-state index in [-0.39, 0.29) is 0 Å². The van der Waals surface area contributed by atoms with Gasteiger partial charge >= 0.3 is 0 Å². The number of rotatable bonds is 2. The van der Waals surface area contributed by atoms with Crippen molar-refractivity contribution >= 4 is 32.8 Å². The minimum atomic E-state index is 0.707. The SMILES string of the molecule is Cc1ccc2c(-c3nc(C)nc4c(-c5c(C)ccc6nc(C)cnc56)cc(C)cc34)c(C)nnc2c1. The Morgan fingerprint density at radius 2 is 1.44 bits per heavy atom. The zero-order valence-corrected chi connectivity index (χ0v) is 21.3. The summed E-state index contributed by atoms with van der Waals surface area (Å²) in [6, 6.07) is 14.8. The van der Waals surface area contributed by atoms with Gasteiger partial charge in [-0.15, -0.1) is 0 Å². The lowest BCUT2D eigenvalue weighted by molar-refractivity contribution is 1.01. The molecular weight excluding hydrogens is 444 g/mol. The second-order valence-corrected chi connectivity index (χ2v) is 9.65. The Morgan fingerprint density at radius 1 is 0.611 bits per heavy atom. The average molecular weight is 471 g/mol. The number of fused-ring (bicyclic) bond motifs is 3. The van der Waals surface area contributed by atoms with E-state index >= 15 is 0 Å². The quantitative estimate of drug-likeness (QED) is 0.280. The van der Waals surface area contributed by atoms with Crippen LogP contribution in [0.4, 0.5) is 0 Å². The highest BCUT2D eigenvalue weighted by molar-refractivity contribution is 6.09. The third-order valence-electron chi connectivity index (χ3n) is 6.70. The number of nitrogens with zero attached hydrogens (tertiary/aromatic N) is 6. The first-order valence-corrected chi connectivity index (χ1v) is 12.1. The number of aromatic nitrogens is 6. The van der Waals surface area contributed by atoms with Gasteiger partial charge in [0.2, 0.25) is 0 Å². The summed E-state index contributed by atoms with van der Waals surface area (Å²) < 4.78 is 0. The second-order valence-electron chi connectivity index (χ2n) is 9.65. The van der Waals surface area contributed by atoms with Gasteiger partial charge in [0.1, 0.15) is 5.82 Å². The third-order valence-corrected chi connectivity index (χ3v) is 6.70. The summed E-state index contributed by atoms with van der Waals surface area (Å²) >= 11 is 0. The normalized spacial score (nSPS) is 11.6. The van der Waals surface area contributed by atoms with Crippen molar-refractivity contribution in [2.45, 2.75) is 41.5 Å². The van der Waals surface area contributed by atoms with E-state index in [2.05, 4.69) is 67.4 Å². The van der Waals surface area contributed by atoms with Crippen molar-refractivity contribution in [2.75, 3.05) is 0 Å². The van der Waals surface area contributed by atoms with Crippen LogP contribution in [0.3, 0.4) is 0 Å². The molecule has 0 spiro atoms. The van der Waals surface area contributed by atoms with Gasteiger partial charge in [0.25, 0.3) is 0 Å². The zero-order valence-electron chi connectivity index (χ0n) is 21.3. The molecule has 0 atom stereocenters. The van der Waals surface area contributed by atoms with Crippen molar-refractivity contribution in [3.63, 3.8) is 0 Å². The molecule has 0 aliphatic carbocycles. The molecule has 0 bridgehead atoms. The summed E-state index contributed by atoms with van der Waals surface area (Å²) in [4.78, 5) is 19.5. The van der Waals surface area contributed by atoms with E-state index in [4.69, 9.17) is 19.9 Å². The lowest BCUT2D eigenvalue weighted by Crippen LogP contribution is -2.02. The van der Waals surface area contributed by atoms with Crippen LogP contribution in [-0.2, 0) is 0 Å². The summed E-state index contributed by atoms with van der Waals surface area (Å²) in [5.41, 5.74) is 12.7. The van der Waals surface area contributed by atoms with E-state index < -0.39 is 0 Å². The number of hydrogen-bond acceptors (Lipinski definition) is 6. The Morgan fingerprint density at radius 3 is 2.28 bits per heavy atom. The highest BCUT2D eigenvalue weighted by Crippen LogP contribution is 2.40. The molecule has 6 aromatic rings. The largest absolute Gasteiger partial charge is 0.252 e. The highest BCUT2D eigenvalue weighted by Gasteiger charge is 2.20. The topological polar surface area (TPSA) is 77.3 Å². The van der Waals surface area contributed by atoms with Crippen LogP contribution in [0.25, 0.3) is 55.2 Å². The van der Waals surface area contributed by atoms with Gasteiger partial charge < -0.3 is 0 Å². The molecule has 6 rings (SSSR count). The van der Waals surface area contributed by atoms with Crippen molar-refractivity contribution in [2.24, 2.45) is 0 Å². The molecule has 36 heavy (non-hydrogen) atoms. The molecule has 0 N–H and O–H groups in total. The van der Waals surface area contributed by atoms with Crippen LogP contribution < -0.4 is 0 Å². The summed E-state index contributed by atoms with van der Waals surface area (Å²) in [5, 5.41) is 11.0. The molecule has 176 valence electrons. The summed E-state index contributed by atoms with van der Waals surface area (Å²) in [6.07, 6.45) is 1.83. The van der Waals surface area contributed by atoms with E-state index in [0.29, 0.717) is 5.82 Å². The molecule has 6 heteroatoms. The van der Waals surface area contributed by atoms with Gasteiger partial charge in [-0.1, -0.05) is 18.2 Å². The fraction of sp³-hybridized carbons (Fsp3) is 0.200. The van der Waals surface area contributed by atoms with Crippen LogP contribution in [0.2, 0.25) is 0 Å². The third kappa shape index (κ3) is 3.49. The maximum absolute atomic E-state index is 4.97. The van der Waals surface area contributed by atoms with Gasteiger partial charge in [-0.25, -0.2) is 15.0 Å². The molecule has 3 aromatic carbocycles. The summed E-state index contributed by atoms with van der Waals surface area (Å²) in [6.45, 7) is 12.2. The number of aryl methyl sites for hydroxylation is 6. The Hall–Kier alpha value is -4.32.